The molecule has 3 aromatic rings. The summed E-state index contributed by atoms with van der Waals surface area (Å²) in [5.74, 6) is -1.05. The summed E-state index contributed by atoms with van der Waals surface area (Å²) in [5, 5.41) is 3.35. The van der Waals surface area contributed by atoms with Crippen LogP contribution in [-0.2, 0) is 26.2 Å². The van der Waals surface area contributed by atoms with Crippen molar-refractivity contribution in [1.29, 1.82) is 0 Å². The second kappa shape index (κ2) is 14.3. The highest BCUT2D eigenvalue weighted by atomic mass is 35.5. The fourth-order valence-electron chi connectivity index (χ4n) is 4.02. The normalized spacial score (nSPS) is 12.7. The van der Waals surface area contributed by atoms with Crippen molar-refractivity contribution < 1.29 is 27.1 Å². The molecule has 0 radical (unpaired) electrons. The van der Waals surface area contributed by atoms with Crippen LogP contribution in [0.2, 0.25) is 5.02 Å². The summed E-state index contributed by atoms with van der Waals surface area (Å²) in [6, 6.07) is 16.4. The lowest BCUT2D eigenvalue weighted by atomic mass is 10.1. The molecule has 0 unspecified atom stereocenters. The number of hydrogen-bond donors (Lipinski definition) is 1. The number of anilines is 1. The Labute approximate surface area is 246 Å². The van der Waals surface area contributed by atoms with E-state index in [1.807, 2.05) is 20.8 Å². The molecule has 0 aliphatic heterocycles. The molecule has 0 saturated heterocycles. The number of carbonyl (C=O) groups excluding carboxylic acids is 2. The molecule has 0 aliphatic carbocycles. The minimum Gasteiger partial charge on any atom is -0.494 e. The minimum atomic E-state index is -4.32. The summed E-state index contributed by atoms with van der Waals surface area (Å²) in [4.78, 5) is 28.2. The Morgan fingerprint density at radius 1 is 1.00 bits per heavy atom. The summed E-state index contributed by atoms with van der Waals surface area (Å²) in [6.07, 6.45) is 0.697. The number of carbonyl (C=O) groups is 2. The molecule has 0 saturated carbocycles. The zero-order valence-corrected chi connectivity index (χ0v) is 25.1. The molecule has 0 aromatic heterocycles. The molecule has 3 rings (SSSR count). The van der Waals surface area contributed by atoms with Crippen LogP contribution in [0.15, 0.2) is 77.7 Å². The number of halogens is 2. The van der Waals surface area contributed by atoms with E-state index in [4.69, 9.17) is 16.3 Å². The van der Waals surface area contributed by atoms with Gasteiger partial charge in [0.25, 0.3) is 10.0 Å². The van der Waals surface area contributed by atoms with Crippen LogP contribution in [-0.4, -0.2) is 50.4 Å². The molecule has 0 heterocycles. The van der Waals surface area contributed by atoms with Gasteiger partial charge in [-0.1, -0.05) is 30.7 Å². The average Bonchev–Trinajstić information content (AvgIpc) is 2.95. The van der Waals surface area contributed by atoms with Crippen molar-refractivity contribution in [3.05, 3.63) is 89.2 Å². The standard InChI is InChI=1S/C30H35ClFN3O5S/c1-5-21(3)33-30(37)22(4)34(19-23-8-7-9-24(31)18-23)29(36)20-35(26-12-14-27(15-13-26)40-6-2)41(38,39)28-16-10-25(32)11-17-28/h7-18,21-22H,5-6,19-20H2,1-4H3,(H,33,37)/t21-,22-/m1/s1. The first-order valence-corrected chi connectivity index (χ1v) is 15.1. The largest absolute Gasteiger partial charge is 0.494 e. The van der Waals surface area contributed by atoms with Crippen LogP contribution in [0.4, 0.5) is 10.1 Å². The van der Waals surface area contributed by atoms with Gasteiger partial charge in [0.2, 0.25) is 11.8 Å². The molecule has 11 heteroatoms. The highest BCUT2D eigenvalue weighted by molar-refractivity contribution is 7.92. The van der Waals surface area contributed by atoms with E-state index in [1.165, 1.54) is 17.0 Å². The molecule has 2 atom stereocenters. The number of hydrogen-bond acceptors (Lipinski definition) is 5. The fourth-order valence-corrected chi connectivity index (χ4v) is 5.65. The molecule has 1 N–H and O–H groups in total. The molecule has 8 nitrogen and oxygen atoms in total. The van der Waals surface area contributed by atoms with Crippen LogP contribution in [0.25, 0.3) is 0 Å². The van der Waals surface area contributed by atoms with E-state index in [9.17, 15) is 22.4 Å². The molecular weight excluding hydrogens is 569 g/mol. The quantitative estimate of drug-likeness (QED) is 0.282. The van der Waals surface area contributed by atoms with Crippen LogP contribution in [0, 0.1) is 5.82 Å². The summed E-state index contributed by atoms with van der Waals surface area (Å²) in [5.41, 5.74) is 0.869. The maximum absolute atomic E-state index is 13.9. The van der Waals surface area contributed by atoms with E-state index < -0.39 is 34.3 Å². The van der Waals surface area contributed by atoms with Gasteiger partial charge in [0.15, 0.2) is 0 Å². The average molecular weight is 604 g/mol. The van der Waals surface area contributed by atoms with Crippen molar-refractivity contribution in [2.75, 3.05) is 17.5 Å². The van der Waals surface area contributed by atoms with Gasteiger partial charge in [-0.05, 0) is 93.4 Å². The second-order valence-electron chi connectivity index (χ2n) is 9.54. The Bertz CT molecular complexity index is 1440. The van der Waals surface area contributed by atoms with Gasteiger partial charge in [0.1, 0.15) is 24.2 Å². The first-order chi connectivity index (χ1) is 19.5. The molecule has 0 bridgehead atoms. The SMILES string of the molecule is CCOc1ccc(N(CC(=O)N(Cc2cccc(Cl)c2)[C@H](C)C(=O)N[C@H](C)CC)S(=O)(=O)c2ccc(F)cc2)cc1. The molecule has 0 spiro atoms. The lowest BCUT2D eigenvalue weighted by Gasteiger charge is -2.32. The third kappa shape index (κ3) is 8.43. The Kier molecular flexibility index (Phi) is 11.1. The predicted molar refractivity (Wildman–Crippen MR) is 158 cm³/mol. The highest BCUT2D eigenvalue weighted by Crippen LogP contribution is 2.27. The number of ether oxygens (including phenoxy) is 1. The third-order valence-electron chi connectivity index (χ3n) is 6.53. The number of sulfonamides is 1. The van der Waals surface area contributed by atoms with Gasteiger partial charge in [-0.3, -0.25) is 13.9 Å². The smallest absolute Gasteiger partial charge is 0.264 e. The zero-order valence-electron chi connectivity index (χ0n) is 23.5. The Balaban J connectivity index is 2.03. The van der Waals surface area contributed by atoms with Crippen LogP contribution >= 0.6 is 11.6 Å². The van der Waals surface area contributed by atoms with E-state index in [2.05, 4.69) is 5.32 Å². The van der Waals surface area contributed by atoms with Crippen LogP contribution in [0.1, 0.15) is 39.7 Å². The number of amides is 2. The van der Waals surface area contributed by atoms with Crippen molar-refractivity contribution in [2.24, 2.45) is 0 Å². The van der Waals surface area contributed by atoms with Gasteiger partial charge < -0.3 is 15.0 Å². The number of benzene rings is 3. The molecule has 220 valence electrons. The minimum absolute atomic E-state index is 0.0161. The predicted octanol–water partition coefficient (Wildman–Crippen LogP) is 5.41. The van der Waals surface area contributed by atoms with E-state index in [-0.39, 0.29) is 29.1 Å². The first kappa shape index (κ1) is 31.9. The van der Waals surface area contributed by atoms with Crippen LogP contribution in [0.3, 0.4) is 0 Å². The summed E-state index contributed by atoms with van der Waals surface area (Å²) in [7, 11) is -4.32. The number of nitrogens with one attached hydrogen (secondary N) is 1. The first-order valence-electron chi connectivity index (χ1n) is 13.3. The summed E-state index contributed by atoms with van der Waals surface area (Å²) in [6.45, 7) is 7.03. The van der Waals surface area contributed by atoms with Crippen molar-refractivity contribution in [1.82, 2.24) is 10.2 Å². The Morgan fingerprint density at radius 3 is 2.24 bits per heavy atom. The van der Waals surface area contributed by atoms with E-state index >= 15 is 0 Å². The topological polar surface area (TPSA) is 96.0 Å². The molecule has 0 aliphatic rings. The molecule has 3 aromatic carbocycles. The van der Waals surface area contributed by atoms with E-state index in [0.717, 1.165) is 28.6 Å². The van der Waals surface area contributed by atoms with Gasteiger partial charge in [-0.25, -0.2) is 12.8 Å². The van der Waals surface area contributed by atoms with Crippen molar-refractivity contribution in [3.8, 4) is 5.75 Å². The Morgan fingerprint density at radius 2 is 1.66 bits per heavy atom. The van der Waals surface area contributed by atoms with Gasteiger partial charge in [-0.2, -0.15) is 0 Å². The van der Waals surface area contributed by atoms with Gasteiger partial charge in [0.05, 0.1) is 17.2 Å². The van der Waals surface area contributed by atoms with Gasteiger partial charge in [0, 0.05) is 17.6 Å². The maximum Gasteiger partial charge on any atom is 0.264 e. The zero-order chi connectivity index (χ0) is 30.2. The summed E-state index contributed by atoms with van der Waals surface area (Å²) < 4.78 is 47.7. The molecule has 2 amide bonds. The fraction of sp³-hybridized carbons (Fsp3) is 0.333. The lowest BCUT2D eigenvalue weighted by molar-refractivity contribution is -0.139. The van der Waals surface area contributed by atoms with Crippen molar-refractivity contribution >= 4 is 39.1 Å². The lowest BCUT2D eigenvalue weighted by Crippen LogP contribution is -2.52. The summed E-state index contributed by atoms with van der Waals surface area (Å²) >= 11 is 6.17. The number of rotatable bonds is 13. The highest BCUT2D eigenvalue weighted by Gasteiger charge is 2.33. The van der Waals surface area contributed by atoms with Gasteiger partial charge >= 0.3 is 0 Å². The molecule has 0 fully saturated rings. The third-order valence-corrected chi connectivity index (χ3v) is 8.55. The van der Waals surface area contributed by atoms with E-state index in [1.54, 1.807) is 43.3 Å². The number of nitrogens with zero attached hydrogens (tertiary/aromatic N) is 2. The molecular formula is C30H35ClFN3O5S. The van der Waals surface area contributed by atoms with Crippen LogP contribution in [0.5, 0.6) is 5.75 Å². The second-order valence-corrected chi connectivity index (χ2v) is 11.8. The maximum atomic E-state index is 13.9. The Hall–Kier alpha value is -3.63. The molecule has 41 heavy (non-hydrogen) atoms. The van der Waals surface area contributed by atoms with E-state index in [0.29, 0.717) is 29.4 Å². The van der Waals surface area contributed by atoms with Crippen molar-refractivity contribution in [3.63, 3.8) is 0 Å². The van der Waals surface area contributed by atoms with Crippen molar-refractivity contribution in [2.45, 2.75) is 57.6 Å². The van der Waals surface area contributed by atoms with Gasteiger partial charge in [-0.15, -0.1) is 0 Å². The monoisotopic (exact) mass is 603 g/mol. The van der Waals surface area contributed by atoms with Crippen LogP contribution < -0.4 is 14.4 Å².